The lowest BCUT2D eigenvalue weighted by molar-refractivity contribution is -0.150. The molecule has 82 valence electrons. The monoisotopic (exact) mass is 222 g/mol. The maximum absolute atomic E-state index is 11.3. The molecule has 14 heavy (non-hydrogen) atoms. The van der Waals surface area contributed by atoms with Gasteiger partial charge in [0.25, 0.3) is 0 Å². The Kier molecular flexibility index (Phi) is 5.37. The van der Waals surface area contributed by atoms with E-state index in [2.05, 4.69) is 4.74 Å². The van der Waals surface area contributed by atoms with E-state index in [1.54, 1.807) is 0 Å². The predicted molar refractivity (Wildman–Crippen MR) is 50.6 cm³/mol. The highest BCUT2D eigenvalue weighted by atomic mass is 32.2. The van der Waals surface area contributed by atoms with Crippen molar-refractivity contribution in [2.24, 2.45) is 5.41 Å². The molecule has 0 aromatic heterocycles. The van der Waals surface area contributed by atoms with Crippen LogP contribution in [0, 0.1) is 5.41 Å². The van der Waals surface area contributed by atoms with Crippen LogP contribution in [0.1, 0.15) is 19.8 Å². The minimum absolute atomic E-state index is 0.148. The Labute approximate surface area is 84.4 Å². The lowest BCUT2D eigenvalue weighted by Gasteiger charge is -2.22. The fourth-order valence-electron chi connectivity index (χ4n) is 1.15. The number of hydrogen-bond acceptors (Lipinski definition) is 5. The van der Waals surface area contributed by atoms with Crippen molar-refractivity contribution in [2.45, 2.75) is 19.8 Å². The van der Waals surface area contributed by atoms with Gasteiger partial charge in [0.1, 0.15) is 17.0 Å². The number of ether oxygens (including phenoxy) is 1. The molecule has 0 saturated heterocycles. The summed E-state index contributed by atoms with van der Waals surface area (Å²) in [5.41, 5.74) is -1.11. The third-order valence-electron chi connectivity index (χ3n) is 1.97. The minimum Gasteiger partial charge on any atom is -0.469 e. The summed E-state index contributed by atoms with van der Waals surface area (Å²) in [5.74, 6) is -0.887. The van der Waals surface area contributed by atoms with Gasteiger partial charge in [-0.05, 0) is 13.3 Å². The summed E-state index contributed by atoms with van der Waals surface area (Å²) in [6, 6.07) is 0. The first-order valence-electron chi connectivity index (χ1n) is 4.10. The van der Waals surface area contributed by atoms with Crippen LogP contribution in [0.15, 0.2) is 0 Å². The van der Waals surface area contributed by atoms with Crippen LogP contribution in [-0.4, -0.2) is 33.5 Å². The summed E-state index contributed by atoms with van der Waals surface area (Å²) in [5, 5.41) is 0. The van der Waals surface area contributed by atoms with Crippen molar-refractivity contribution in [2.75, 3.05) is 12.9 Å². The topological polar surface area (TPSA) is 77.5 Å². The zero-order valence-corrected chi connectivity index (χ0v) is 9.08. The first kappa shape index (κ1) is 13.1. The summed E-state index contributed by atoms with van der Waals surface area (Å²) >= 11 is 0. The van der Waals surface area contributed by atoms with Gasteiger partial charge in [0.15, 0.2) is 0 Å². The number of carbonyl (C=O) groups is 2. The van der Waals surface area contributed by atoms with Crippen LogP contribution in [0.3, 0.4) is 0 Å². The summed E-state index contributed by atoms with van der Waals surface area (Å²) in [7, 11) is -1.47. The van der Waals surface area contributed by atoms with Crippen molar-refractivity contribution < 1.29 is 22.7 Å². The van der Waals surface area contributed by atoms with Gasteiger partial charge in [-0.3, -0.25) is 4.79 Å². The highest BCUT2D eigenvalue weighted by Gasteiger charge is 2.34. The zero-order valence-electron chi connectivity index (χ0n) is 8.19. The van der Waals surface area contributed by atoms with Gasteiger partial charge >= 0.3 is 5.97 Å². The average molecular weight is 222 g/mol. The Hall–Kier alpha value is -0.910. The molecule has 5 nitrogen and oxygen atoms in total. The molecule has 0 bridgehead atoms. The molecule has 0 fully saturated rings. The van der Waals surface area contributed by atoms with E-state index in [1.165, 1.54) is 14.0 Å². The van der Waals surface area contributed by atoms with E-state index >= 15 is 0 Å². The first-order valence-corrected chi connectivity index (χ1v) is 5.46. The number of thiol groups is 1. The van der Waals surface area contributed by atoms with E-state index in [0.717, 1.165) is 0 Å². The number of hydrogen-bond donors (Lipinski definition) is 1. The molecule has 0 aliphatic rings. The Balaban J connectivity index is 4.64. The molecule has 0 aromatic carbocycles. The van der Waals surface area contributed by atoms with Crippen LogP contribution in [0.2, 0.25) is 0 Å². The van der Waals surface area contributed by atoms with Gasteiger partial charge in [0, 0.05) is 6.42 Å². The Morgan fingerprint density at radius 2 is 2.07 bits per heavy atom. The van der Waals surface area contributed by atoms with E-state index in [-0.39, 0.29) is 18.6 Å². The molecule has 0 spiro atoms. The number of carbonyl (C=O) groups excluding carboxylic acids is 2. The second kappa shape index (κ2) is 5.74. The van der Waals surface area contributed by atoms with Crippen LogP contribution in [0.4, 0.5) is 0 Å². The highest BCUT2D eigenvalue weighted by molar-refractivity contribution is 7.72. The molecule has 0 aromatic rings. The predicted octanol–water partition coefficient (Wildman–Crippen LogP) is -0.244. The second-order valence-electron chi connectivity index (χ2n) is 3.25. The summed E-state index contributed by atoms with van der Waals surface area (Å²) in [6.07, 6.45) is 0.986. The van der Waals surface area contributed by atoms with Crippen LogP contribution in [0.5, 0.6) is 0 Å². The molecule has 0 amide bonds. The molecule has 0 aliphatic heterocycles. The molecule has 0 aliphatic carbocycles. The molecular weight excluding hydrogens is 208 g/mol. The lowest BCUT2D eigenvalue weighted by atomic mass is 9.88. The van der Waals surface area contributed by atoms with E-state index in [1.807, 2.05) is 0 Å². The van der Waals surface area contributed by atoms with Crippen molar-refractivity contribution in [3.05, 3.63) is 0 Å². The molecule has 0 unspecified atom stereocenters. The summed E-state index contributed by atoms with van der Waals surface area (Å²) < 4.78 is 25.6. The van der Waals surface area contributed by atoms with Gasteiger partial charge in [0.2, 0.25) is 0 Å². The number of methoxy groups -OCH3 is 1. The molecule has 1 atom stereocenters. The Morgan fingerprint density at radius 3 is 2.43 bits per heavy atom. The molecule has 0 radical (unpaired) electrons. The lowest BCUT2D eigenvalue weighted by Crippen LogP contribution is -2.33. The number of aldehydes is 1. The minimum atomic E-state index is -2.66. The van der Waals surface area contributed by atoms with Gasteiger partial charge in [0.05, 0.1) is 18.3 Å². The Bertz CT molecular complexity index is 275. The number of esters is 1. The van der Waals surface area contributed by atoms with Gasteiger partial charge in [-0.15, -0.1) is 0 Å². The quantitative estimate of drug-likeness (QED) is 0.381. The first-order chi connectivity index (χ1) is 6.46. The standard InChI is InChI=1S/C8H14O5S/c1-8(4-3-5-9,6-14(11)12)7(10)13-2/h5,14H,3-4,6H2,1-2H3/t8-/m0/s1. The highest BCUT2D eigenvalue weighted by Crippen LogP contribution is 2.24. The van der Waals surface area contributed by atoms with E-state index in [4.69, 9.17) is 0 Å². The normalized spacial score (nSPS) is 14.8. The fraction of sp³-hybridized carbons (Fsp3) is 0.750. The molecular formula is C8H14O5S. The van der Waals surface area contributed by atoms with Crippen molar-refractivity contribution in [3.63, 3.8) is 0 Å². The zero-order chi connectivity index (χ0) is 11.2. The van der Waals surface area contributed by atoms with E-state index in [9.17, 15) is 18.0 Å². The maximum Gasteiger partial charge on any atom is 0.312 e. The van der Waals surface area contributed by atoms with Crippen LogP contribution < -0.4 is 0 Å². The van der Waals surface area contributed by atoms with E-state index < -0.39 is 22.1 Å². The summed E-state index contributed by atoms with van der Waals surface area (Å²) in [6.45, 7) is 1.48. The van der Waals surface area contributed by atoms with Gasteiger partial charge in [-0.1, -0.05) is 0 Å². The average Bonchev–Trinajstić information content (AvgIpc) is 2.12. The molecule has 0 saturated carbocycles. The van der Waals surface area contributed by atoms with E-state index in [0.29, 0.717) is 6.29 Å². The summed E-state index contributed by atoms with van der Waals surface area (Å²) in [4.78, 5) is 21.4. The molecule has 0 heterocycles. The van der Waals surface area contributed by atoms with Crippen molar-refractivity contribution >= 4 is 23.0 Å². The van der Waals surface area contributed by atoms with Crippen molar-refractivity contribution in [1.82, 2.24) is 0 Å². The fourth-order valence-corrected chi connectivity index (χ4v) is 2.01. The SMILES string of the molecule is COC(=O)[C@@](C)(CCC=O)C[SH](=O)=O. The Morgan fingerprint density at radius 1 is 1.50 bits per heavy atom. The van der Waals surface area contributed by atoms with Gasteiger partial charge in [-0.25, -0.2) is 8.42 Å². The van der Waals surface area contributed by atoms with Gasteiger partial charge < -0.3 is 9.53 Å². The van der Waals surface area contributed by atoms with Gasteiger partial charge in [-0.2, -0.15) is 0 Å². The van der Waals surface area contributed by atoms with Crippen molar-refractivity contribution in [3.8, 4) is 0 Å². The maximum atomic E-state index is 11.3. The van der Waals surface area contributed by atoms with Crippen LogP contribution >= 0.6 is 0 Å². The smallest absolute Gasteiger partial charge is 0.312 e. The third kappa shape index (κ3) is 3.87. The number of rotatable bonds is 6. The molecule has 6 heteroatoms. The largest absolute Gasteiger partial charge is 0.469 e. The van der Waals surface area contributed by atoms with Crippen LogP contribution in [0.25, 0.3) is 0 Å². The third-order valence-corrected chi connectivity index (χ3v) is 2.93. The second-order valence-corrected chi connectivity index (χ2v) is 4.23. The van der Waals surface area contributed by atoms with Crippen LogP contribution in [-0.2, 0) is 25.0 Å². The van der Waals surface area contributed by atoms with Crippen molar-refractivity contribution in [1.29, 1.82) is 0 Å². The molecule has 0 rings (SSSR count). The molecule has 0 N–H and O–H groups in total.